The number of hydrogen-bond donors (Lipinski definition) is 1. The first-order valence-corrected chi connectivity index (χ1v) is 13.6. The van der Waals surface area contributed by atoms with E-state index in [1.807, 2.05) is 18.2 Å². The van der Waals surface area contributed by atoms with Crippen LogP contribution in [-0.2, 0) is 29.9 Å². The van der Waals surface area contributed by atoms with Gasteiger partial charge in [0.2, 0.25) is 0 Å². The zero-order valence-corrected chi connectivity index (χ0v) is 21.9. The highest BCUT2D eigenvalue weighted by molar-refractivity contribution is 5.93. The predicted molar refractivity (Wildman–Crippen MR) is 142 cm³/mol. The molecule has 0 saturated carbocycles. The van der Waals surface area contributed by atoms with Gasteiger partial charge in [-0.1, -0.05) is 6.92 Å². The van der Waals surface area contributed by atoms with Crippen molar-refractivity contribution < 1.29 is 19.4 Å². The molecule has 9 nitrogen and oxygen atoms in total. The van der Waals surface area contributed by atoms with Crippen LogP contribution in [0.15, 0.2) is 23.0 Å². The van der Waals surface area contributed by atoms with E-state index < -0.39 is 5.60 Å². The van der Waals surface area contributed by atoms with Crippen LogP contribution in [0.4, 0.5) is 0 Å². The molecular formula is C29H32N4O5. The van der Waals surface area contributed by atoms with Gasteiger partial charge in [0, 0.05) is 67.3 Å². The van der Waals surface area contributed by atoms with E-state index in [0.29, 0.717) is 48.7 Å². The number of hydrogen-bond acceptors (Lipinski definition) is 8. The van der Waals surface area contributed by atoms with Gasteiger partial charge in [0.1, 0.15) is 18.8 Å². The van der Waals surface area contributed by atoms with Gasteiger partial charge < -0.3 is 24.0 Å². The lowest BCUT2D eigenvalue weighted by Crippen LogP contribution is -2.44. The van der Waals surface area contributed by atoms with E-state index in [2.05, 4.69) is 16.8 Å². The molecule has 7 rings (SSSR count). The van der Waals surface area contributed by atoms with Gasteiger partial charge in [-0.05, 0) is 37.6 Å². The molecule has 1 fully saturated rings. The smallest absolute Gasteiger partial charge is 0.254 e. The lowest BCUT2D eigenvalue weighted by Gasteiger charge is -2.33. The zero-order valence-electron chi connectivity index (χ0n) is 21.9. The highest BCUT2D eigenvalue weighted by atomic mass is 16.6. The van der Waals surface area contributed by atoms with Crippen LogP contribution in [0.1, 0.15) is 42.0 Å². The Labute approximate surface area is 220 Å². The highest BCUT2D eigenvalue weighted by Gasteiger charge is 2.43. The minimum atomic E-state index is -1.63. The molecule has 9 heteroatoms. The van der Waals surface area contributed by atoms with Crippen LogP contribution in [0.25, 0.3) is 22.3 Å². The van der Waals surface area contributed by atoms with Gasteiger partial charge in [0.15, 0.2) is 17.3 Å². The maximum Gasteiger partial charge on any atom is 0.254 e. The third-order valence-electron chi connectivity index (χ3n) is 8.83. The summed E-state index contributed by atoms with van der Waals surface area (Å²) in [5.74, 6) is 1.18. The van der Waals surface area contributed by atoms with E-state index in [0.717, 1.165) is 66.2 Å². The second-order valence-corrected chi connectivity index (χ2v) is 11.0. The van der Waals surface area contributed by atoms with Crippen LogP contribution in [0.5, 0.6) is 11.5 Å². The number of nitrogens with zero attached hydrogens (tertiary/aromatic N) is 4. The van der Waals surface area contributed by atoms with Gasteiger partial charge in [-0.2, -0.15) is 0 Å². The summed E-state index contributed by atoms with van der Waals surface area (Å²) < 4.78 is 13.6. The molecule has 1 N–H and O–H groups in total. The number of piperazine rings is 1. The summed E-state index contributed by atoms with van der Waals surface area (Å²) in [5.41, 5.74) is 3.62. The largest absolute Gasteiger partial charge is 0.486 e. The number of ketones is 1. The second-order valence-electron chi connectivity index (χ2n) is 11.0. The van der Waals surface area contributed by atoms with Crippen molar-refractivity contribution in [2.24, 2.45) is 0 Å². The Balaban J connectivity index is 1.44. The molecule has 3 aliphatic heterocycles. The summed E-state index contributed by atoms with van der Waals surface area (Å²) in [5, 5.41) is 12.4. The van der Waals surface area contributed by atoms with Crippen molar-refractivity contribution in [1.82, 2.24) is 19.4 Å². The Morgan fingerprint density at radius 2 is 1.74 bits per heavy atom. The van der Waals surface area contributed by atoms with E-state index in [1.165, 1.54) is 0 Å². The first-order valence-electron chi connectivity index (χ1n) is 13.6. The molecule has 2 aromatic heterocycles. The summed E-state index contributed by atoms with van der Waals surface area (Å²) in [6, 6.07) is 5.82. The molecule has 1 saturated heterocycles. The molecule has 0 bridgehead atoms. The molecular weight excluding hydrogens is 484 g/mol. The number of Topliss-reactive ketones (excluding diaryl/α,β-unsaturated/α-hetero) is 1. The Kier molecular flexibility index (Phi) is 5.41. The summed E-state index contributed by atoms with van der Waals surface area (Å²) in [6.45, 7) is 7.91. The number of likely N-dealkylation sites (N-methyl/N-ethyl adjacent to an activating group) is 1. The van der Waals surface area contributed by atoms with Crippen molar-refractivity contribution in [3.05, 3.63) is 50.8 Å². The molecule has 3 aromatic rings. The second kappa shape index (κ2) is 8.62. The summed E-state index contributed by atoms with van der Waals surface area (Å²) in [7, 11) is 2.15. The number of ether oxygens (including phenoxy) is 2. The molecule has 5 heterocycles. The predicted octanol–water partition coefficient (Wildman–Crippen LogP) is 2.06. The molecule has 0 spiro atoms. The number of carbonyl (C=O) groups is 1. The zero-order chi connectivity index (χ0) is 26.2. The molecule has 1 aliphatic carbocycles. The maximum absolute atomic E-state index is 13.8. The Morgan fingerprint density at radius 3 is 2.47 bits per heavy atom. The van der Waals surface area contributed by atoms with Crippen molar-refractivity contribution in [1.29, 1.82) is 0 Å². The Bertz CT molecular complexity index is 1560. The number of aromatic nitrogens is 2. The van der Waals surface area contributed by atoms with E-state index in [-0.39, 0.29) is 24.2 Å². The highest BCUT2D eigenvalue weighted by Crippen LogP contribution is 2.43. The van der Waals surface area contributed by atoms with Gasteiger partial charge in [-0.3, -0.25) is 14.5 Å². The van der Waals surface area contributed by atoms with E-state index >= 15 is 0 Å². The van der Waals surface area contributed by atoms with E-state index in [4.69, 9.17) is 14.5 Å². The lowest BCUT2D eigenvalue weighted by atomic mass is 9.77. The van der Waals surface area contributed by atoms with Crippen molar-refractivity contribution >= 4 is 16.7 Å². The quantitative estimate of drug-likeness (QED) is 0.442. The Morgan fingerprint density at radius 1 is 1.00 bits per heavy atom. The fourth-order valence-electron chi connectivity index (χ4n) is 6.49. The van der Waals surface area contributed by atoms with Crippen LogP contribution in [-0.4, -0.2) is 76.7 Å². The number of pyridine rings is 2. The number of benzene rings is 1. The summed E-state index contributed by atoms with van der Waals surface area (Å²) >= 11 is 0. The SMILES string of the molecule is CCC1(O)C(=O)CCc2c1cc1n(c2=O)Cc2c-1nc1cc3c(cc1c2CN1CCN(C)CC1)OCCO3. The molecule has 38 heavy (non-hydrogen) atoms. The average Bonchev–Trinajstić information content (AvgIpc) is 3.30. The summed E-state index contributed by atoms with van der Waals surface area (Å²) in [6.07, 6.45) is 0.774. The van der Waals surface area contributed by atoms with Crippen LogP contribution >= 0.6 is 0 Å². The topological polar surface area (TPSA) is 97.1 Å². The fraction of sp³-hybridized carbons (Fsp3) is 0.483. The average molecular weight is 517 g/mol. The van der Waals surface area contributed by atoms with Crippen molar-refractivity contribution in [3.63, 3.8) is 0 Å². The molecule has 1 atom stereocenters. The van der Waals surface area contributed by atoms with Gasteiger partial charge in [0.25, 0.3) is 5.56 Å². The number of aliphatic hydroxyl groups is 1. The van der Waals surface area contributed by atoms with E-state index in [1.54, 1.807) is 11.5 Å². The van der Waals surface area contributed by atoms with Crippen molar-refractivity contribution in [3.8, 4) is 22.9 Å². The van der Waals surface area contributed by atoms with Crippen LogP contribution in [0, 0.1) is 0 Å². The van der Waals surface area contributed by atoms with Crippen LogP contribution in [0.2, 0.25) is 0 Å². The van der Waals surface area contributed by atoms with Gasteiger partial charge in [-0.25, -0.2) is 4.98 Å². The first kappa shape index (κ1) is 23.8. The fourth-order valence-corrected chi connectivity index (χ4v) is 6.49. The number of rotatable bonds is 3. The maximum atomic E-state index is 13.8. The summed E-state index contributed by atoms with van der Waals surface area (Å²) in [4.78, 5) is 36.4. The molecule has 1 aromatic carbocycles. The van der Waals surface area contributed by atoms with Gasteiger partial charge in [-0.15, -0.1) is 0 Å². The monoisotopic (exact) mass is 516 g/mol. The molecule has 4 aliphatic rings. The van der Waals surface area contributed by atoms with E-state index in [9.17, 15) is 14.7 Å². The van der Waals surface area contributed by atoms with Crippen LogP contribution in [0.3, 0.4) is 0 Å². The molecule has 0 amide bonds. The first-order chi connectivity index (χ1) is 18.4. The van der Waals surface area contributed by atoms with Crippen molar-refractivity contribution in [2.45, 2.75) is 44.9 Å². The van der Waals surface area contributed by atoms with Crippen molar-refractivity contribution in [2.75, 3.05) is 46.4 Å². The minimum Gasteiger partial charge on any atom is -0.486 e. The number of carbonyl (C=O) groups excluding carboxylic acids is 1. The lowest BCUT2D eigenvalue weighted by molar-refractivity contribution is -0.140. The standard InChI is InChI=1S/C29H32N4O5/c1-3-29(36)21-13-23-27-20(16-33(23)28(35)17(21)4-5-26(29)34)19(15-32-8-6-31(2)7-9-32)18-12-24-25(14-22(18)30-27)38-11-10-37-24/h12-14,36H,3-11,15-16H2,1-2H3. The van der Waals surface area contributed by atoms with Gasteiger partial charge in [0.05, 0.1) is 23.4 Å². The molecule has 0 radical (unpaired) electrons. The molecule has 198 valence electrons. The van der Waals surface area contributed by atoms with Gasteiger partial charge >= 0.3 is 0 Å². The molecule has 1 unspecified atom stereocenters. The van der Waals surface area contributed by atoms with Crippen LogP contribution < -0.4 is 15.0 Å². The normalized spacial score (nSPS) is 22.9. The number of fused-ring (bicyclic) bond motifs is 6. The third-order valence-corrected chi connectivity index (χ3v) is 8.83. The third kappa shape index (κ3) is 3.45. The minimum absolute atomic E-state index is 0.129. The Hall–Kier alpha value is -3.27.